The molecule has 5 fully saturated rings. The first-order chi connectivity index (χ1) is 17.8. The zero-order chi connectivity index (χ0) is 25.7. The number of anilines is 2. The monoisotopic (exact) mass is 566 g/mol. The predicted molar refractivity (Wildman–Crippen MR) is 149 cm³/mol. The number of nitro groups is 1. The maximum absolute atomic E-state index is 12.9. The molecule has 7 rings (SSSR count). The number of amides is 1. The fourth-order valence-corrected chi connectivity index (χ4v) is 8.30. The molecule has 196 valence electrons. The van der Waals surface area contributed by atoms with Crippen LogP contribution < -0.4 is 10.2 Å². The van der Waals surface area contributed by atoms with Crippen LogP contribution in [0, 0.1) is 33.3 Å². The lowest BCUT2D eigenvalue weighted by molar-refractivity contribution is -0.384. The molecule has 1 N–H and O–H groups in total. The minimum Gasteiger partial charge on any atom is -0.376 e. The lowest BCUT2D eigenvalue weighted by atomic mass is 9.48. The molecular formula is C29H35BrN4O3. The molecule has 5 aliphatic rings. The highest BCUT2D eigenvalue weighted by Crippen LogP contribution is 2.61. The maximum atomic E-state index is 12.9. The number of nitro benzene ring substituents is 1. The van der Waals surface area contributed by atoms with Crippen molar-refractivity contribution >= 4 is 38.9 Å². The maximum Gasteiger partial charge on any atom is 0.292 e. The lowest BCUT2D eigenvalue weighted by Gasteiger charge is -2.59. The van der Waals surface area contributed by atoms with E-state index < -0.39 is 0 Å². The molecular weight excluding hydrogens is 532 g/mol. The lowest BCUT2D eigenvalue weighted by Crippen LogP contribution is -2.53. The van der Waals surface area contributed by atoms with E-state index in [4.69, 9.17) is 0 Å². The first-order valence-electron chi connectivity index (χ1n) is 13.6. The smallest absolute Gasteiger partial charge is 0.292 e. The van der Waals surface area contributed by atoms with Gasteiger partial charge in [0.2, 0.25) is 0 Å². The summed E-state index contributed by atoms with van der Waals surface area (Å²) >= 11 is 3.42. The van der Waals surface area contributed by atoms with Crippen LogP contribution in [0.15, 0.2) is 46.9 Å². The molecule has 1 saturated heterocycles. The van der Waals surface area contributed by atoms with Gasteiger partial charge in [-0.1, -0.05) is 15.9 Å². The number of rotatable bonds is 6. The minimum absolute atomic E-state index is 0.0441. The molecule has 2 aromatic carbocycles. The molecule has 0 radical (unpaired) electrons. The molecule has 0 aromatic heterocycles. The van der Waals surface area contributed by atoms with Crippen LogP contribution in [-0.2, 0) is 0 Å². The van der Waals surface area contributed by atoms with Gasteiger partial charge in [0.25, 0.3) is 11.6 Å². The second-order valence-corrected chi connectivity index (χ2v) is 12.8. The summed E-state index contributed by atoms with van der Waals surface area (Å²) in [6.45, 7) is 4.89. The second-order valence-electron chi connectivity index (χ2n) is 11.9. The van der Waals surface area contributed by atoms with Gasteiger partial charge < -0.3 is 15.1 Å². The minimum atomic E-state index is -0.270. The summed E-state index contributed by atoms with van der Waals surface area (Å²) in [5.41, 5.74) is 2.69. The average Bonchev–Trinajstić information content (AvgIpc) is 2.88. The van der Waals surface area contributed by atoms with Crippen LogP contribution >= 0.6 is 15.9 Å². The highest BCUT2D eigenvalue weighted by Gasteiger charge is 2.53. The zero-order valence-electron chi connectivity index (χ0n) is 21.4. The number of halogens is 1. The molecule has 4 saturated carbocycles. The second kappa shape index (κ2) is 9.61. The van der Waals surface area contributed by atoms with Crippen LogP contribution in [0.1, 0.15) is 55.8 Å². The van der Waals surface area contributed by atoms with Crippen molar-refractivity contribution in [2.45, 2.75) is 51.5 Å². The average molecular weight is 568 g/mol. The van der Waals surface area contributed by atoms with E-state index in [1.807, 2.05) is 41.3 Å². The van der Waals surface area contributed by atoms with E-state index in [0.717, 1.165) is 27.9 Å². The third kappa shape index (κ3) is 4.73. The molecule has 4 aliphatic carbocycles. The molecule has 0 spiro atoms. The predicted octanol–water partition coefficient (Wildman–Crippen LogP) is 6.34. The van der Waals surface area contributed by atoms with E-state index in [2.05, 4.69) is 33.1 Å². The van der Waals surface area contributed by atoms with Crippen molar-refractivity contribution in [2.75, 3.05) is 36.4 Å². The fourth-order valence-electron chi connectivity index (χ4n) is 8.03. The molecule has 37 heavy (non-hydrogen) atoms. The summed E-state index contributed by atoms with van der Waals surface area (Å²) in [4.78, 5) is 28.7. The van der Waals surface area contributed by atoms with Crippen molar-refractivity contribution in [3.05, 3.63) is 62.6 Å². The summed E-state index contributed by atoms with van der Waals surface area (Å²) in [6.07, 6.45) is 7.94. The summed E-state index contributed by atoms with van der Waals surface area (Å²) in [7, 11) is 0. The Labute approximate surface area is 226 Å². The summed E-state index contributed by atoms with van der Waals surface area (Å²) in [6, 6.07) is 13.1. The van der Waals surface area contributed by atoms with Gasteiger partial charge in [0.05, 0.1) is 4.92 Å². The van der Waals surface area contributed by atoms with E-state index in [1.165, 1.54) is 38.5 Å². The number of carbonyl (C=O) groups excluding carboxylic acids is 1. The Kier molecular flexibility index (Phi) is 6.42. The van der Waals surface area contributed by atoms with Crippen LogP contribution in [-0.4, -0.2) is 48.0 Å². The Morgan fingerprint density at radius 3 is 2.16 bits per heavy atom. The Hall–Kier alpha value is -2.61. The highest BCUT2D eigenvalue weighted by atomic mass is 79.9. The fraction of sp³-hybridized carbons (Fsp3) is 0.552. The van der Waals surface area contributed by atoms with Gasteiger partial charge in [-0.25, -0.2) is 0 Å². The van der Waals surface area contributed by atoms with Crippen LogP contribution in [0.5, 0.6) is 0 Å². The number of nitrogens with one attached hydrogen (secondary N) is 1. The Morgan fingerprint density at radius 1 is 1.00 bits per heavy atom. The molecule has 1 amide bonds. The molecule has 4 bridgehead atoms. The number of benzene rings is 2. The van der Waals surface area contributed by atoms with Gasteiger partial charge in [-0.05, 0) is 105 Å². The van der Waals surface area contributed by atoms with Crippen LogP contribution in [0.3, 0.4) is 0 Å². The molecule has 8 heteroatoms. The van der Waals surface area contributed by atoms with Gasteiger partial charge in [-0.3, -0.25) is 14.9 Å². The number of hydrogen-bond donors (Lipinski definition) is 1. The van der Waals surface area contributed by atoms with Crippen molar-refractivity contribution in [1.82, 2.24) is 4.90 Å². The van der Waals surface area contributed by atoms with E-state index in [-0.39, 0.29) is 28.0 Å². The normalized spacial score (nSPS) is 29.3. The highest BCUT2D eigenvalue weighted by molar-refractivity contribution is 9.10. The first kappa shape index (κ1) is 24.7. The number of carbonyl (C=O) groups is 1. The van der Waals surface area contributed by atoms with E-state index in [0.29, 0.717) is 37.4 Å². The third-order valence-corrected chi connectivity index (χ3v) is 10.1. The van der Waals surface area contributed by atoms with Gasteiger partial charge in [0.15, 0.2) is 0 Å². The third-order valence-electron chi connectivity index (χ3n) is 9.58. The topological polar surface area (TPSA) is 78.7 Å². The molecule has 1 atom stereocenters. The van der Waals surface area contributed by atoms with Crippen LogP contribution in [0.4, 0.5) is 17.1 Å². The van der Waals surface area contributed by atoms with Gasteiger partial charge >= 0.3 is 0 Å². The molecule has 1 heterocycles. The van der Waals surface area contributed by atoms with Crippen LogP contribution in [0.2, 0.25) is 0 Å². The van der Waals surface area contributed by atoms with Crippen molar-refractivity contribution in [1.29, 1.82) is 0 Å². The van der Waals surface area contributed by atoms with Crippen molar-refractivity contribution in [3.63, 3.8) is 0 Å². The standard InChI is InChI=1S/C29H35BrN4O3/c1-19(29-16-20-12-21(17-29)14-22(13-20)18-29)31-26-15-25(6-7-27(26)34(36)37)32-8-10-33(11-9-32)28(35)23-2-4-24(30)5-3-23/h2-7,15,19-22,31H,8-14,16-18H2,1H3/t19-,20?,21?,22?,29?/m1/s1. The zero-order valence-corrected chi connectivity index (χ0v) is 23.0. The van der Waals surface area contributed by atoms with E-state index in [1.54, 1.807) is 6.07 Å². The van der Waals surface area contributed by atoms with Gasteiger partial charge in [0, 0.05) is 54.0 Å². The molecule has 2 aromatic rings. The van der Waals surface area contributed by atoms with E-state index in [9.17, 15) is 14.9 Å². The molecule has 7 nitrogen and oxygen atoms in total. The van der Waals surface area contributed by atoms with Gasteiger partial charge in [-0.2, -0.15) is 0 Å². The molecule has 0 unspecified atom stereocenters. The summed E-state index contributed by atoms with van der Waals surface area (Å²) in [5.74, 6) is 2.57. The Bertz CT molecular complexity index is 1160. The van der Waals surface area contributed by atoms with Crippen molar-refractivity contribution < 1.29 is 9.72 Å². The number of piperazine rings is 1. The van der Waals surface area contributed by atoms with Crippen LogP contribution in [0.25, 0.3) is 0 Å². The SMILES string of the molecule is C[C@@H](Nc1cc(N2CCN(C(=O)c3ccc(Br)cc3)CC2)ccc1[N+](=O)[O-])C12CC3CC(CC(C3)C1)C2. The Morgan fingerprint density at radius 2 is 1.59 bits per heavy atom. The Balaban J connectivity index is 1.16. The van der Waals surface area contributed by atoms with Gasteiger partial charge in [0.1, 0.15) is 5.69 Å². The van der Waals surface area contributed by atoms with Gasteiger partial charge in [-0.15, -0.1) is 0 Å². The quantitative estimate of drug-likeness (QED) is 0.326. The van der Waals surface area contributed by atoms with Crippen molar-refractivity contribution in [2.24, 2.45) is 23.2 Å². The summed E-state index contributed by atoms with van der Waals surface area (Å²) < 4.78 is 0.953. The molecule has 1 aliphatic heterocycles. The van der Waals surface area contributed by atoms with Crippen molar-refractivity contribution in [3.8, 4) is 0 Å². The largest absolute Gasteiger partial charge is 0.376 e. The number of hydrogen-bond acceptors (Lipinski definition) is 5. The number of nitrogens with zero attached hydrogens (tertiary/aromatic N) is 3. The first-order valence-corrected chi connectivity index (χ1v) is 14.4. The summed E-state index contributed by atoms with van der Waals surface area (Å²) in [5, 5.41) is 15.6. The van der Waals surface area contributed by atoms with E-state index >= 15 is 0 Å².